The molecule has 3 rings (SSSR count). The Morgan fingerprint density at radius 2 is 1.84 bits per heavy atom. The normalized spacial score (nSPS) is 19.5. The first kappa shape index (κ1) is 24.0. The second-order valence-electron chi connectivity index (χ2n) is 8.33. The number of hydrogen-bond acceptors (Lipinski definition) is 5. The number of ether oxygens (including phenoxy) is 2. The van der Waals surface area contributed by atoms with Gasteiger partial charge in [-0.3, -0.25) is 14.8 Å². The third-order valence-electron chi connectivity index (χ3n) is 5.88. The third kappa shape index (κ3) is 9.56. The van der Waals surface area contributed by atoms with Crippen LogP contribution in [0.25, 0.3) is 0 Å². The van der Waals surface area contributed by atoms with E-state index in [1.165, 1.54) is 5.56 Å². The molecule has 0 unspecified atom stereocenters. The summed E-state index contributed by atoms with van der Waals surface area (Å²) in [7, 11) is 0. The smallest absolute Gasteiger partial charge is 0.191 e. The molecule has 7 nitrogen and oxygen atoms in total. The summed E-state index contributed by atoms with van der Waals surface area (Å²) >= 11 is 0. The van der Waals surface area contributed by atoms with Gasteiger partial charge in [0.15, 0.2) is 5.96 Å². The van der Waals surface area contributed by atoms with Crippen molar-refractivity contribution in [3.8, 4) is 0 Å². The van der Waals surface area contributed by atoms with Gasteiger partial charge in [0.25, 0.3) is 0 Å². The van der Waals surface area contributed by atoms with E-state index in [1.807, 2.05) is 0 Å². The molecule has 0 aromatic heterocycles. The van der Waals surface area contributed by atoms with E-state index in [2.05, 4.69) is 57.7 Å². The van der Waals surface area contributed by atoms with Crippen LogP contribution in [-0.4, -0.2) is 94.0 Å². The highest BCUT2D eigenvalue weighted by atomic mass is 16.5. The number of benzene rings is 1. The fraction of sp³-hybridized carbons (Fsp3) is 0.708. The minimum absolute atomic E-state index is 0.399. The Morgan fingerprint density at radius 1 is 1.06 bits per heavy atom. The van der Waals surface area contributed by atoms with Gasteiger partial charge in [0.1, 0.15) is 0 Å². The molecule has 0 atom stereocenters. The molecule has 2 fully saturated rings. The van der Waals surface area contributed by atoms with Gasteiger partial charge in [0.05, 0.1) is 19.3 Å². The quantitative estimate of drug-likeness (QED) is 0.317. The molecule has 2 heterocycles. The summed E-state index contributed by atoms with van der Waals surface area (Å²) in [6, 6.07) is 10.7. The molecule has 0 saturated carbocycles. The Kier molecular flexibility index (Phi) is 11.1. The van der Waals surface area contributed by atoms with Crippen LogP contribution in [0.1, 0.15) is 31.7 Å². The molecule has 1 aromatic carbocycles. The van der Waals surface area contributed by atoms with Crippen molar-refractivity contribution >= 4 is 5.96 Å². The fourth-order valence-electron chi connectivity index (χ4n) is 4.08. The molecule has 0 amide bonds. The maximum Gasteiger partial charge on any atom is 0.191 e. The lowest BCUT2D eigenvalue weighted by Gasteiger charge is -2.31. The molecule has 1 aromatic rings. The van der Waals surface area contributed by atoms with Crippen LogP contribution in [0.4, 0.5) is 0 Å². The lowest BCUT2D eigenvalue weighted by atomic mass is 10.1. The van der Waals surface area contributed by atoms with Crippen LogP contribution in [0.2, 0.25) is 0 Å². The average molecular weight is 432 g/mol. The van der Waals surface area contributed by atoms with Crippen molar-refractivity contribution in [2.45, 2.75) is 38.8 Å². The molecule has 0 radical (unpaired) electrons. The number of aliphatic imine (C=N–C) groups is 1. The van der Waals surface area contributed by atoms with Gasteiger partial charge in [-0.15, -0.1) is 0 Å². The standard InChI is InChI=1S/C24H41N5O2/c1-2-25-24(27-12-15-28-16-19-30-20-17-28)26-11-6-18-31-23-9-13-29(14-10-23)21-22-7-4-3-5-8-22/h3-5,7-8,23H,2,6,9-21H2,1H3,(H2,25,26,27). The second-order valence-corrected chi connectivity index (χ2v) is 8.33. The zero-order chi connectivity index (χ0) is 21.6. The van der Waals surface area contributed by atoms with E-state index in [9.17, 15) is 0 Å². The summed E-state index contributed by atoms with van der Waals surface area (Å²) in [6.45, 7) is 13.5. The number of rotatable bonds is 11. The summed E-state index contributed by atoms with van der Waals surface area (Å²) in [6.07, 6.45) is 3.62. The molecular weight excluding hydrogens is 390 g/mol. The third-order valence-corrected chi connectivity index (χ3v) is 5.88. The van der Waals surface area contributed by atoms with Crippen LogP contribution in [-0.2, 0) is 16.0 Å². The van der Waals surface area contributed by atoms with Crippen LogP contribution < -0.4 is 10.6 Å². The first-order valence-corrected chi connectivity index (χ1v) is 12.0. The van der Waals surface area contributed by atoms with Crippen LogP contribution in [0.15, 0.2) is 35.3 Å². The van der Waals surface area contributed by atoms with Gasteiger partial charge in [-0.05, 0) is 31.7 Å². The summed E-state index contributed by atoms with van der Waals surface area (Å²) in [5.74, 6) is 0.907. The van der Waals surface area contributed by atoms with Crippen molar-refractivity contribution in [2.24, 2.45) is 4.99 Å². The highest BCUT2D eigenvalue weighted by molar-refractivity contribution is 5.79. The van der Waals surface area contributed by atoms with E-state index in [1.54, 1.807) is 0 Å². The van der Waals surface area contributed by atoms with Crippen LogP contribution >= 0.6 is 0 Å². The molecular formula is C24H41N5O2. The van der Waals surface area contributed by atoms with E-state index in [0.29, 0.717) is 6.10 Å². The van der Waals surface area contributed by atoms with E-state index < -0.39 is 0 Å². The minimum atomic E-state index is 0.399. The van der Waals surface area contributed by atoms with Crippen molar-refractivity contribution in [1.29, 1.82) is 0 Å². The van der Waals surface area contributed by atoms with E-state index >= 15 is 0 Å². The maximum atomic E-state index is 6.13. The van der Waals surface area contributed by atoms with Gasteiger partial charge in [0.2, 0.25) is 0 Å². The van der Waals surface area contributed by atoms with E-state index in [4.69, 9.17) is 14.5 Å². The summed E-state index contributed by atoms with van der Waals surface area (Å²) < 4.78 is 11.5. The number of piperidine rings is 1. The highest BCUT2D eigenvalue weighted by Crippen LogP contribution is 2.16. The Balaban J connectivity index is 1.24. The zero-order valence-electron chi connectivity index (χ0n) is 19.2. The van der Waals surface area contributed by atoms with Gasteiger partial charge in [0, 0.05) is 65.5 Å². The highest BCUT2D eigenvalue weighted by Gasteiger charge is 2.19. The Bertz CT molecular complexity index is 614. The Hall–Kier alpha value is -1.67. The van der Waals surface area contributed by atoms with Crippen LogP contribution in [0.3, 0.4) is 0 Å². The minimum Gasteiger partial charge on any atom is -0.379 e. The zero-order valence-corrected chi connectivity index (χ0v) is 19.2. The first-order valence-electron chi connectivity index (χ1n) is 12.0. The van der Waals surface area contributed by atoms with Gasteiger partial charge in [-0.2, -0.15) is 0 Å². The topological polar surface area (TPSA) is 61.4 Å². The van der Waals surface area contributed by atoms with Crippen molar-refractivity contribution in [3.63, 3.8) is 0 Å². The monoisotopic (exact) mass is 431 g/mol. The fourth-order valence-corrected chi connectivity index (χ4v) is 4.08. The first-order chi connectivity index (χ1) is 15.3. The van der Waals surface area contributed by atoms with Gasteiger partial charge in [-0.1, -0.05) is 30.3 Å². The number of nitrogens with zero attached hydrogens (tertiary/aromatic N) is 3. The number of likely N-dealkylation sites (tertiary alicyclic amines) is 1. The van der Waals surface area contributed by atoms with Crippen molar-refractivity contribution in [2.75, 3.05) is 72.2 Å². The molecule has 2 N–H and O–H groups in total. The number of hydrogen-bond donors (Lipinski definition) is 2. The molecule has 0 spiro atoms. The molecule has 2 aliphatic heterocycles. The molecule has 2 aliphatic rings. The molecule has 7 heteroatoms. The molecule has 174 valence electrons. The molecule has 0 bridgehead atoms. The largest absolute Gasteiger partial charge is 0.379 e. The van der Waals surface area contributed by atoms with Gasteiger partial charge >= 0.3 is 0 Å². The predicted molar refractivity (Wildman–Crippen MR) is 127 cm³/mol. The number of nitrogens with one attached hydrogen (secondary N) is 2. The SMILES string of the molecule is CCNC(=NCCCOC1CCN(Cc2ccccc2)CC1)NCCN1CCOCC1. The van der Waals surface area contributed by atoms with Crippen molar-refractivity contribution < 1.29 is 9.47 Å². The summed E-state index contributed by atoms with van der Waals surface area (Å²) in [5.41, 5.74) is 1.40. The second kappa shape index (κ2) is 14.4. The van der Waals surface area contributed by atoms with Crippen molar-refractivity contribution in [1.82, 2.24) is 20.4 Å². The van der Waals surface area contributed by atoms with Gasteiger partial charge < -0.3 is 20.1 Å². The van der Waals surface area contributed by atoms with E-state index in [-0.39, 0.29) is 0 Å². The lowest BCUT2D eigenvalue weighted by Crippen LogP contribution is -2.44. The Morgan fingerprint density at radius 3 is 2.58 bits per heavy atom. The Labute approximate surface area is 188 Å². The number of guanidine groups is 1. The molecule has 2 saturated heterocycles. The summed E-state index contributed by atoms with van der Waals surface area (Å²) in [5, 5.41) is 6.78. The predicted octanol–water partition coefficient (Wildman–Crippen LogP) is 1.95. The molecule has 31 heavy (non-hydrogen) atoms. The number of morpholine rings is 1. The average Bonchev–Trinajstić information content (AvgIpc) is 2.81. The lowest BCUT2D eigenvalue weighted by molar-refractivity contribution is 0.00566. The van der Waals surface area contributed by atoms with Crippen LogP contribution in [0.5, 0.6) is 0 Å². The summed E-state index contributed by atoms with van der Waals surface area (Å²) in [4.78, 5) is 9.66. The van der Waals surface area contributed by atoms with Crippen molar-refractivity contribution in [3.05, 3.63) is 35.9 Å². The maximum absolute atomic E-state index is 6.13. The van der Waals surface area contributed by atoms with Gasteiger partial charge in [-0.25, -0.2) is 0 Å². The molecule has 0 aliphatic carbocycles. The van der Waals surface area contributed by atoms with E-state index in [0.717, 1.165) is 104 Å². The van der Waals surface area contributed by atoms with Crippen LogP contribution in [0, 0.1) is 0 Å².